The molecule has 1 N–H and O–H groups in total. The van der Waals surface area contributed by atoms with Crippen LogP contribution >= 0.6 is 23.6 Å². The Hall–Kier alpha value is -2.02. The van der Waals surface area contributed by atoms with Crippen molar-refractivity contribution in [3.63, 3.8) is 0 Å². The van der Waals surface area contributed by atoms with Crippen LogP contribution in [0.1, 0.15) is 29.3 Å². The van der Waals surface area contributed by atoms with Gasteiger partial charge in [-0.05, 0) is 36.5 Å². The molecule has 1 aliphatic heterocycles. The zero-order valence-corrected chi connectivity index (χ0v) is 17.5. The van der Waals surface area contributed by atoms with Crippen LogP contribution in [0, 0.1) is 10.7 Å². The summed E-state index contributed by atoms with van der Waals surface area (Å²) in [6.45, 7) is 6.58. The highest BCUT2D eigenvalue weighted by Gasteiger charge is 2.43. The fourth-order valence-electron chi connectivity index (χ4n) is 4.51. The van der Waals surface area contributed by atoms with Crippen molar-refractivity contribution in [2.24, 2.45) is 5.92 Å². The van der Waals surface area contributed by atoms with Crippen LogP contribution in [0.3, 0.4) is 0 Å². The Labute approximate surface area is 174 Å². The fraction of sp³-hybridized carbons (Fsp3) is 0.364. The van der Waals surface area contributed by atoms with Gasteiger partial charge in [-0.3, -0.25) is 4.57 Å². The number of thiophene rings is 1. The summed E-state index contributed by atoms with van der Waals surface area (Å²) >= 11 is 7.76. The number of hydrogen-bond donors (Lipinski definition) is 1. The molecule has 6 heteroatoms. The molecule has 3 heterocycles. The predicted octanol–water partition coefficient (Wildman–Crippen LogP) is 3.88. The minimum absolute atomic E-state index is 0.599. The monoisotopic (exact) mass is 409 g/mol. The molecule has 1 fully saturated rings. The first-order chi connectivity index (χ1) is 13.8. The van der Waals surface area contributed by atoms with Gasteiger partial charge < -0.3 is 4.90 Å². The lowest BCUT2D eigenvalue weighted by Gasteiger charge is -2.32. The van der Waals surface area contributed by atoms with Gasteiger partial charge in [-0.2, -0.15) is 4.68 Å². The van der Waals surface area contributed by atoms with Gasteiger partial charge in [0.15, 0.2) is 12.5 Å². The zero-order valence-electron chi connectivity index (χ0n) is 15.9. The van der Waals surface area contributed by atoms with Gasteiger partial charge in [-0.1, -0.05) is 36.4 Å². The second-order valence-electron chi connectivity index (χ2n) is 7.80. The van der Waals surface area contributed by atoms with Crippen molar-refractivity contribution in [3.05, 3.63) is 69.6 Å². The van der Waals surface area contributed by atoms with Gasteiger partial charge in [0, 0.05) is 34.9 Å². The molecule has 2 aromatic heterocycles. The van der Waals surface area contributed by atoms with Crippen LogP contribution in [0.4, 0.5) is 0 Å². The second-order valence-corrected chi connectivity index (χ2v) is 9.17. The van der Waals surface area contributed by atoms with Crippen molar-refractivity contribution in [3.8, 4) is 11.4 Å². The first-order valence-corrected chi connectivity index (χ1v) is 11.3. The topological polar surface area (TPSA) is 27.2 Å². The molecule has 0 bridgehead atoms. The summed E-state index contributed by atoms with van der Waals surface area (Å²) < 4.78 is 4.93. The van der Waals surface area contributed by atoms with Crippen molar-refractivity contribution in [1.29, 1.82) is 0 Å². The lowest BCUT2D eigenvalue weighted by Crippen LogP contribution is -3.13. The minimum atomic E-state index is 0.599. The summed E-state index contributed by atoms with van der Waals surface area (Å²) in [6.07, 6.45) is 5.77. The fourth-order valence-corrected chi connectivity index (χ4v) is 5.70. The van der Waals surface area contributed by atoms with E-state index in [0.29, 0.717) is 12.6 Å². The number of quaternary nitrogens is 1. The van der Waals surface area contributed by atoms with Gasteiger partial charge in [0.25, 0.3) is 0 Å². The SMILES string of the molecule is C=CCn1c(-c2ccccc2)nn(C[NH+]2CCc3sccc3[C@H]2C2CC2)c1=S. The van der Waals surface area contributed by atoms with Gasteiger partial charge in [0.05, 0.1) is 6.54 Å². The van der Waals surface area contributed by atoms with E-state index in [-0.39, 0.29) is 0 Å². The Morgan fingerprint density at radius 1 is 1.25 bits per heavy atom. The standard InChI is InChI=1S/C22H24N4S2/c1-2-12-25-21(17-6-4-3-5-7-17)23-26(22(25)27)15-24-13-10-19-18(11-14-28-19)20(24)16-8-9-16/h2-7,11,14,16,20H,1,8-10,12-13,15H2/p+1/t20-/m1/s1. The van der Waals surface area contributed by atoms with Gasteiger partial charge in [0.2, 0.25) is 4.77 Å². The van der Waals surface area contributed by atoms with E-state index in [0.717, 1.165) is 41.7 Å². The number of fused-ring (bicyclic) bond motifs is 1. The average molecular weight is 410 g/mol. The normalized spacial score (nSPS) is 21.4. The third-order valence-corrected chi connectivity index (χ3v) is 7.37. The highest BCUT2D eigenvalue weighted by atomic mass is 32.1. The molecule has 0 spiro atoms. The maximum absolute atomic E-state index is 5.83. The summed E-state index contributed by atoms with van der Waals surface area (Å²) in [5.41, 5.74) is 2.68. The van der Waals surface area contributed by atoms with E-state index in [9.17, 15) is 0 Å². The Morgan fingerprint density at radius 3 is 2.82 bits per heavy atom. The summed E-state index contributed by atoms with van der Waals surface area (Å²) in [7, 11) is 0. The predicted molar refractivity (Wildman–Crippen MR) is 116 cm³/mol. The molecule has 1 aromatic carbocycles. The summed E-state index contributed by atoms with van der Waals surface area (Å²) in [5, 5.41) is 7.22. The Morgan fingerprint density at radius 2 is 2.07 bits per heavy atom. The molecule has 28 heavy (non-hydrogen) atoms. The molecular formula is C22H25N4S2+. The van der Waals surface area contributed by atoms with E-state index < -0.39 is 0 Å². The second kappa shape index (κ2) is 7.43. The third kappa shape index (κ3) is 3.19. The highest BCUT2D eigenvalue weighted by molar-refractivity contribution is 7.71. The quantitative estimate of drug-likeness (QED) is 0.494. The molecule has 0 radical (unpaired) electrons. The minimum Gasteiger partial charge on any atom is -0.310 e. The summed E-state index contributed by atoms with van der Waals surface area (Å²) in [4.78, 5) is 3.19. The average Bonchev–Trinajstić information content (AvgIpc) is 3.37. The van der Waals surface area contributed by atoms with E-state index in [1.54, 1.807) is 15.3 Å². The van der Waals surface area contributed by atoms with Crippen molar-refractivity contribution in [2.75, 3.05) is 6.54 Å². The van der Waals surface area contributed by atoms with Crippen molar-refractivity contribution >= 4 is 23.6 Å². The maximum atomic E-state index is 5.83. The summed E-state index contributed by atoms with van der Waals surface area (Å²) in [6, 6.07) is 13.3. The molecule has 3 aromatic rings. The Bertz CT molecular complexity index is 1040. The molecule has 144 valence electrons. The molecular weight excluding hydrogens is 384 g/mol. The number of hydrogen-bond acceptors (Lipinski definition) is 3. The number of aromatic nitrogens is 3. The lowest BCUT2D eigenvalue weighted by atomic mass is 9.96. The van der Waals surface area contributed by atoms with Crippen molar-refractivity contribution < 1.29 is 4.90 Å². The highest BCUT2D eigenvalue weighted by Crippen LogP contribution is 2.42. The Kier molecular flexibility index (Phi) is 4.78. The number of rotatable bonds is 6. The van der Waals surface area contributed by atoms with Gasteiger partial charge in [0.1, 0.15) is 6.04 Å². The summed E-state index contributed by atoms with van der Waals surface area (Å²) in [5.74, 6) is 1.75. The zero-order chi connectivity index (χ0) is 19.1. The van der Waals surface area contributed by atoms with E-state index >= 15 is 0 Å². The van der Waals surface area contributed by atoms with E-state index in [4.69, 9.17) is 17.3 Å². The number of nitrogens with zero attached hydrogens (tertiary/aromatic N) is 3. The van der Waals surface area contributed by atoms with Crippen molar-refractivity contribution in [2.45, 2.75) is 38.5 Å². The van der Waals surface area contributed by atoms with Crippen LogP contribution in [-0.2, 0) is 19.6 Å². The molecule has 0 saturated heterocycles. The lowest BCUT2D eigenvalue weighted by molar-refractivity contribution is -0.958. The molecule has 1 aliphatic carbocycles. The molecule has 1 unspecified atom stereocenters. The van der Waals surface area contributed by atoms with Crippen LogP contribution in [-0.4, -0.2) is 20.9 Å². The maximum Gasteiger partial charge on any atom is 0.203 e. The van der Waals surface area contributed by atoms with Crippen LogP contribution < -0.4 is 4.90 Å². The molecule has 2 aliphatic rings. The smallest absolute Gasteiger partial charge is 0.203 e. The van der Waals surface area contributed by atoms with Gasteiger partial charge in [-0.15, -0.1) is 23.0 Å². The first kappa shape index (κ1) is 18.0. The molecule has 2 atom stereocenters. The van der Waals surface area contributed by atoms with Crippen LogP contribution in [0.15, 0.2) is 54.4 Å². The van der Waals surface area contributed by atoms with E-state index in [1.807, 2.05) is 40.3 Å². The first-order valence-electron chi connectivity index (χ1n) is 10.0. The van der Waals surface area contributed by atoms with Crippen LogP contribution in [0.5, 0.6) is 0 Å². The van der Waals surface area contributed by atoms with E-state index in [2.05, 4.69) is 34.7 Å². The number of benzene rings is 1. The molecule has 1 saturated carbocycles. The van der Waals surface area contributed by atoms with Gasteiger partial charge >= 0.3 is 0 Å². The van der Waals surface area contributed by atoms with Crippen molar-refractivity contribution in [1.82, 2.24) is 14.3 Å². The van der Waals surface area contributed by atoms with Crippen LogP contribution in [0.2, 0.25) is 0 Å². The molecule has 5 rings (SSSR count). The van der Waals surface area contributed by atoms with E-state index in [1.165, 1.54) is 12.8 Å². The molecule has 0 amide bonds. The molecule has 4 nitrogen and oxygen atoms in total. The number of nitrogens with one attached hydrogen (secondary N) is 1. The Balaban J connectivity index is 1.50. The third-order valence-electron chi connectivity index (χ3n) is 5.94. The van der Waals surface area contributed by atoms with Gasteiger partial charge in [-0.25, -0.2) is 0 Å². The van der Waals surface area contributed by atoms with Crippen LogP contribution in [0.25, 0.3) is 11.4 Å². The number of allylic oxidation sites excluding steroid dienone is 1. The largest absolute Gasteiger partial charge is 0.310 e.